The van der Waals surface area contributed by atoms with E-state index in [-0.39, 0.29) is 79.7 Å². The van der Waals surface area contributed by atoms with Gasteiger partial charge in [0.1, 0.15) is 0 Å². The molecule has 13 aromatic rings. The molecule has 0 spiro atoms. The van der Waals surface area contributed by atoms with E-state index in [0.717, 1.165) is 18.2 Å². The third-order valence-corrected chi connectivity index (χ3v) is 15.3. The molecule has 0 saturated heterocycles. The second-order valence-electron chi connectivity index (χ2n) is 20.7. The van der Waals surface area contributed by atoms with Gasteiger partial charge in [-0.3, -0.25) is 0 Å². The van der Waals surface area contributed by atoms with Crippen LogP contribution in [-0.4, -0.2) is 24.1 Å². The molecule has 88 heavy (non-hydrogen) atoms. The standard InChI is InChI=1S/C68H36F15N5/c69-64(70,71)42-22-25-45(54(34-42)67(78,79)80)39-19-28-58-50(31-39)47-15-7-9-17-56(47)87(58)44-24-27-53(66(75,76)77)49(36-44)52-33-41(63-85-61(37-11-3-1-4-12-37)84-62(86-63)38-13-5-2-6-14-38)21-30-60(52)88-57-18-10-8-16-48(57)51-32-40(20-29-59(51)88)46-26-23-43(65(72,73)74)35-55(46)68(81,82)83/h1-36H. The van der Waals surface area contributed by atoms with E-state index in [4.69, 9.17) is 15.0 Å². The maximum absolute atomic E-state index is 16.1. The molecule has 0 N–H and O–H groups in total. The normalized spacial score (nSPS) is 12.7. The highest BCUT2D eigenvalue weighted by molar-refractivity contribution is 6.12. The second kappa shape index (κ2) is 20.7. The van der Waals surface area contributed by atoms with E-state index in [1.165, 1.54) is 54.6 Å². The van der Waals surface area contributed by atoms with Crippen LogP contribution in [0.5, 0.6) is 0 Å². The summed E-state index contributed by atoms with van der Waals surface area (Å²) in [5.41, 5.74) is -6.26. The molecule has 20 heteroatoms. The van der Waals surface area contributed by atoms with Crippen LogP contribution in [0.25, 0.3) is 123 Å². The summed E-state index contributed by atoms with van der Waals surface area (Å²) in [4.78, 5) is 14.5. The summed E-state index contributed by atoms with van der Waals surface area (Å²) in [6, 6.07) is 49.6. The van der Waals surface area contributed by atoms with Crippen LogP contribution in [0.1, 0.15) is 27.8 Å². The molecule has 0 radical (unpaired) electrons. The highest BCUT2D eigenvalue weighted by Crippen LogP contribution is 2.48. The zero-order chi connectivity index (χ0) is 61.8. The first-order chi connectivity index (χ1) is 41.8. The Morgan fingerprint density at radius 1 is 0.250 bits per heavy atom. The minimum atomic E-state index is -5.23. The monoisotopic (exact) mass is 1210 g/mol. The summed E-state index contributed by atoms with van der Waals surface area (Å²) in [5, 5.41) is 1.40. The molecule has 0 fully saturated rings. The third-order valence-electron chi connectivity index (χ3n) is 15.3. The van der Waals surface area contributed by atoms with E-state index < -0.39 is 75.4 Å². The fourth-order valence-corrected chi connectivity index (χ4v) is 11.4. The van der Waals surface area contributed by atoms with Crippen LogP contribution in [0, 0.1) is 0 Å². The molecule has 5 nitrogen and oxygen atoms in total. The average Bonchev–Trinajstić information content (AvgIpc) is 1.61. The molecule has 3 aromatic heterocycles. The number of benzene rings is 10. The second-order valence-corrected chi connectivity index (χ2v) is 20.7. The fourth-order valence-electron chi connectivity index (χ4n) is 11.4. The van der Waals surface area contributed by atoms with Gasteiger partial charge in [0.05, 0.1) is 55.6 Å². The maximum atomic E-state index is 16.1. The molecular formula is C68H36F15N5. The molecule has 0 bridgehead atoms. The Morgan fingerprint density at radius 2 is 0.659 bits per heavy atom. The Kier molecular flexibility index (Phi) is 13.4. The van der Waals surface area contributed by atoms with Crippen LogP contribution in [-0.2, 0) is 30.9 Å². The van der Waals surface area contributed by atoms with Crippen LogP contribution in [0.2, 0.25) is 0 Å². The maximum Gasteiger partial charge on any atom is 0.417 e. The summed E-state index contributed by atoms with van der Waals surface area (Å²) >= 11 is 0. The van der Waals surface area contributed by atoms with Crippen molar-refractivity contribution in [3.8, 4) is 78.9 Å². The summed E-state index contributed by atoms with van der Waals surface area (Å²) < 4.78 is 222. The first-order valence-electron chi connectivity index (χ1n) is 26.7. The van der Waals surface area contributed by atoms with Crippen molar-refractivity contribution in [3.63, 3.8) is 0 Å². The predicted molar refractivity (Wildman–Crippen MR) is 306 cm³/mol. The Labute approximate surface area is 487 Å². The number of para-hydroxylation sites is 2. The van der Waals surface area contributed by atoms with Gasteiger partial charge in [-0.2, -0.15) is 65.9 Å². The number of aromatic nitrogens is 5. The van der Waals surface area contributed by atoms with E-state index in [0.29, 0.717) is 50.5 Å². The number of halogens is 15. The van der Waals surface area contributed by atoms with E-state index >= 15 is 13.2 Å². The third kappa shape index (κ3) is 10.2. The quantitative estimate of drug-likeness (QED) is 0.142. The summed E-state index contributed by atoms with van der Waals surface area (Å²) in [6.07, 6.45) is -25.7. The largest absolute Gasteiger partial charge is 0.417 e. The fraction of sp³-hybridized carbons (Fsp3) is 0.0735. The zero-order valence-corrected chi connectivity index (χ0v) is 44.7. The van der Waals surface area contributed by atoms with Gasteiger partial charge in [0.25, 0.3) is 0 Å². The van der Waals surface area contributed by atoms with Crippen molar-refractivity contribution in [1.29, 1.82) is 0 Å². The van der Waals surface area contributed by atoms with Gasteiger partial charge in [0.2, 0.25) is 0 Å². The van der Waals surface area contributed by atoms with Crippen LogP contribution >= 0.6 is 0 Å². The topological polar surface area (TPSA) is 48.5 Å². The molecule has 10 aromatic carbocycles. The molecule has 0 aliphatic heterocycles. The van der Waals surface area contributed by atoms with Gasteiger partial charge in [-0.05, 0) is 125 Å². The van der Waals surface area contributed by atoms with Crippen molar-refractivity contribution in [2.24, 2.45) is 0 Å². The van der Waals surface area contributed by atoms with Crippen LogP contribution in [0.3, 0.4) is 0 Å². The molecule has 0 aliphatic carbocycles. The Balaban J connectivity index is 1.07. The molecule has 13 rings (SSSR count). The van der Waals surface area contributed by atoms with Crippen molar-refractivity contribution in [1.82, 2.24) is 24.1 Å². The molecule has 0 amide bonds. The minimum Gasteiger partial charge on any atom is -0.309 e. The van der Waals surface area contributed by atoms with Gasteiger partial charge in [0, 0.05) is 49.5 Å². The van der Waals surface area contributed by atoms with Crippen LogP contribution in [0.4, 0.5) is 65.9 Å². The first-order valence-corrected chi connectivity index (χ1v) is 26.7. The lowest BCUT2D eigenvalue weighted by Gasteiger charge is -2.21. The number of alkyl halides is 15. The summed E-state index contributed by atoms with van der Waals surface area (Å²) in [6.45, 7) is 0. The molecule has 438 valence electrons. The SMILES string of the molecule is FC(F)(F)c1ccc(-c2ccc3c(c2)c2ccccc2n3-c2ccc(C(F)(F)F)c(-c3cc(-c4nc(-c5ccccc5)nc(-c5ccccc5)n4)ccc3-n3c4ccccc4c4cc(-c5ccc(C(F)(F)F)cc5C(F)(F)F)ccc43)c2)c(C(F)(F)F)c1. The lowest BCUT2D eigenvalue weighted by Crippen LogP contribution is -2.12. The zero-order valence-electron chi connectivity index (χ0n) is 44.7. The number of rotatable bonds is 8. The van der Waals surface area contributed by atoms with Crippen molar-refractivity contribution >= 4 is 43.6 Å². The smallest absolute Gasteiger partial charge is 0.309 e. The van der Waals surface area contributed by atoms with E-state index in [1.54, 1.807) is 130 Å². The van der Waals surface area contributed by atoms with Gasteiger partial charge in [0.15, 0.2) is 17.5 Å². The lowest BCUT2D eigenvalue weighted by molar-refractivity contribution is -0.144. The van der Waals surface area contributed by atoms with Gasteiger partial charge in [-0.25, -0.2) is 15.0 Å². The van der Waals surface area contributed by atoms with Crippen molar-refractivity contribution in [2.45, 2.75) is 30.9 Å². The molecule has 0 saturated carbocycles. The van der Waals surface area contributed by atoms with E-state index in [9.17, 15) is 52.7 Å². The Morgan fingerprint density at radius 3 is 1.12 bits per heavy atom. The Hall–Kier alpha value is -10.2. The van der Waals surface area contributed by atoms with Crippen LogP contribution < -0.4 is 0 Å². The van der Waals surface area contributed by atoms with E-state index in [1.807, 2.05) is 0 Å². The highest BCUT2D eigenvalue weighted by Gasteiger charge is 2.41. The number of fused-ring (bicyclic) bond motifs is 6. The van der Waals surface area contributed by atoms with Gasteiger partial charge >= 0.3 is 30.9 Å². The summed E-state index contributed by atoms with van der Waals surface area (Å²) in [5.74, 6) is 0.472. The highest BCUT2D eigenvalue weighted by atomic mass is 19.4. The first kappa shape index (κ1) is 56.9. The number of hydrogen-bond acceptors (Lipinski definition) is 3. The number of hydrogen-bond donors (Lipinski definition) is 0. The lowest BCUT2D eigenvalue weighted by atomic mass is 9.94. The molecule has 0 unspecified atom stereocenters. The van der Waals surface area contributed by atoms with Crippen molar-refractivity contribution < 1.29 is 65.9 Å². The molecule has 0 aliphatic rings. The molecular weight excluding hydrogens is 1170 g/mol. The van der Waals surface area contributed by atoms with Crippen molar-refractivity contribution in [2.75, 3.05) is 0 Å². The number of nitrogens with zero attached hydrogens (tertiary/aromatic N) is 5. The van der Waals surface area contributed by atoms with E-state index in [2.05, 4.69) is 0 Å². The molecule has 0 atom stereocenters. The van der Waals surface area contributed by atoms with Gasteiger partial charge in [-0.1, -0.05) is 121 Å². The van der Waals surface area contributed by atoms with Crippen molar-refractivity contribution in [3.05, 3.63) is 246 Å². The minimum absolute atomic E-state index is 0.0357. The van der Waals surface area contributed by atoms with Gasteiger partial charge < -0.3 is 9.13 Å². The predicted octanol–water partition coefficient (Wildman–Crippen LogP) is 21.2. The average molecular weight is 1210 g/mol. The Bertz CT molecular complexity index is 4840. The molecule has 3 heterocycles. The van der Waals surface area contributed by atoms with Crippen LogP contribution in [0.15, 0.2) is 218 Å². The summed E-state index contributed by atoms with van der Waals surface area (Å²) in [7, 11) is 0. The van der Waals surface area contributed by atoms with Gasteiger partial charge in [-0.15, -0.1) is 0 Å².